The number of carbonyl (C=O) groups is 2. The van der Waals surface area contributed by atoms with Crippen molar-refractivity contribution in [2.75, 3.05) is 25.2 Å². The lowest BCUT2D eigenvalue weighted by atomic mass is 10.2. The van der Waals surface area contributed by atoms with Crippen molar-refractivity contribution in [1.82, 2.24) is 4.90 Å². The molecule has 0 radical (unpaired) electrons. The average Bonchev–Trinajstić information content (AvgIpc) is 2.87. The Labute approximate surface area is 148 Å². The first-order valence-corrected chi connectivity index (χ1v) is 9.46. The molecule has 1 heterocycles. The summed E-state index contributed by atoms with van der Waals surface area (Å²) in [5.41, 5.74) is -0.252. The van der Waals surface area contributed by atoms with Crippen molar-refractivity contribution in [3.8, 4) is 0 Å². The summed E-state index contributed by atoms with van der Waals surface area (Å²) >= 11 is 11.3. The van der Waals surface area contributed by atoms with E-state index in [0.29, 0.717) is 6.42 Å². The third kappa shape index (κ3) is 4.37. The van der Waals surface area contributed by atoms with E-state index in [1.165, 1.54) is 11.9 Å². The summed E-state index contributed by atoms with van der Waals surface area (Å²) in [5.74, 6) is -2.47. The van der Waals surface area contributed by atoms with Crippen molar-refractivity contribution in [2.24, 2.45) is 0 Å². The zero-order valence-electron chi connectivity index (χ0n) is 12.6. The quantitative estimate of drug-likeness (QED) is 0.572. The minimum atomic E-state index is -3.14. The number of nitrogens with zero attached hydrogens (tertiary/aromatic N) is 1. The van der Waals surface area contributed by atoms with Gasteiger partial charge in [-0.15, -0.1) is 0 Å². The van der Waals surface area contributed by atoms with Crippen LogP contribution in [0.15, 0.2) is 12.1 Å². The molecule has 2 rings (SSSR count). The lowest BCUT2D eigenvalue weighted by molar-refractivity contribution is -0.134. The normalized spacial score (nSPS) is 19.1. The summed E-state index contributed by atoms with van der Waals surface area (Å²) in [6, 6.07) is 1.44. The van der Waals surface area contributed by atoms with Crippen LogP contribution in [0.3, 0.4) is 0 Å². The number of hydrogen-bond donors (Lipinski definition) is 0. The molecule has 0 spiro atoms. The monoisotopic (exact) mass is 397 g/mol. The molecule has 0 saturated carbocycles. The van der Waals surface area contributed by atoms with Crippen LogP contribution in [-0.4, -0.2) is 56.4 Å². The van der Waals surface area contributed by atoms with Gasteiger partial charge < -0.3 is 9.64 Å². The Balaban J connectivity index is 1.96. The van der Waals surface area contributed by atoms with Crippen molar-refractivity contribution in [2.45, 2.75) is 12.5 Å². The number of halogens is 3. The fourth-order valence-electron chi connectivity index (χ4n) is 2.27. The van der Waals surface area contributed by atoms with Crippen molar-refractivity contribution in [3.05, 3.63) is 33.6 Å². The highest BCUT2D eigenvalue weighted by molar-refractivity contribution is 7.91. The first-order chi connectivity index (χ1) is 11.1. The van der Waals surface area contributed by atoms with Gasteiger partial charge in [-0.25, -0.2) is 17.6 Å². The van der Waals surface area contributed by atoms with Crippen LogP contribution < -0.4 is 0 Å². The SMILES string of the molecule is CN(C(=O)COC(=O)c1cc(F)c(Cl)cc1Cl)[C@H]1CCS(=O)(=O)C1. The molecule has 132 valence electrons. The van der Waals surface area contributed by atoms with E-state index < -0.39 is 40.2 Å². The Morgan fingerprint density at radius 1 is 1.33 bits per heavy atom. The zero-order valence-corrected chi connectivity index (χ0v) is 14.9. The van der Waals surface area contributed by atoms with Gasteiger partial charge in [0, 0.05) is 13.1 Å². The predicted molar refractivity (Wildman–Crippen MR) is 86.5 cm³/mol. The van der Waals surface area contributed by atoms with Gasteiger partial charge in [-0.2, -0.15) is 0 Å². The molecule has 1 aromatic carbocycles. The minimum absolute atomic E-state index is 0.0226. The summed E-state index contributed by atoms with van der Waals surface area (Å²) in [7, 11) is -1.69. The summed E-state index contributed by atoms with van der Waals surface area (Å²) in [6.07, 6.45) is 0.340. The molecular formula is C14H14Cl2FNO5S. The standard InChI is InChI=1S/C14H14Cl2FNO5S/c1-18(8-2-3-24(21,22)7-8)13(19)6-23-14(20)9-4-12(17)11(16)5-10(9)15/h4-5,8H,2-3,6-7H2,1H3/t8-/m0/s1. The molecule has 1 aliphatic rings. The third-order valence-electron chi connectivity index (χ3n) is 3.71. The molecule has 0 aromatic heterocycles. The first kappa shape index (κ1) is 19.0. The molecule has 0 N–H and O–H groups in total. The highest BCUT2D eigenvalue weighted by Crippen LogP contribution is 2.25. The number of hydrogen-bond acceptors (Lipinski definition) is 5. The number of rotatable bonds is 4. The highest BCUT2D eigenvalue weighted by Gasteiger charge is 2.33. The van der Waals surface area contributed by atoms with E-state index in [0.717, 1.165) is 12.1 Å². The van der Waals surface area contributed by atoms with E-state index in [1.54, 1.807) is 0 Å². The molecule has 1 aliphatic heterocycles. The molecular weight excluding hydrogens is 384 g/mol. The fourth-order valence-corrected chi connectivity index (χ4v) is 4.51. The van der Waals surface area contributed by atoms with E-state index in [-0.39, 0.29) is 27.1 Å². The Morgan fingerprint density at radius 3 is 2.58 bits per heavy atom. The largest absolute Gasteiger partial charge is 0.452 e. The van der Waals surface area contributed by atoms with Crippen LogP contribution in [0.25, 0.3) is 0 Å². The van der Waals surface area contributed by atoms with Gasteiger partial charge in [0.15, 0.2) is 16.4 Å². The van der Waals surface area contributed by atoms with E-state index in [1.807, 2.05) is 0 Å². The van der Waals surface area contributed by atoms with Crippen LogP contribution in [0.2, 0.25) is 10.0 Å². The molecule has 6 nitrogen and oxygen atoms in total. The van der Waals surface area contributed by atoms with Crippen molar-refractivity contribution in [1.29, 1.82) is 0 Å². The van der Waals surface area contributed by atoms with Crippen molar-refractivity contribution >= 4 is 44.9 Å². The van der Waals surface area contributed by atoms with Gasteiger partial charge in [0.2, 0.25) is 0 Å². The highest BCUT2D eigenvalue weighted by atomic mass is 35.5. The number of ether oxygens (including phenoxy) is 1. The van der Waals surface area contributed by atoms with Crippen LogP contribution in [0.1, 0.15) is 16.8 Å². The van der Waals surface area contributed by atoms with Gasteiger partial charge in [0.1, 0.15) is 5.82 Å². The Hall–Kier alpha value is -1.38. The lowest BCUT2D eigenvalue weighted by Gasteiger charge is -2.23. The van der Waals surface area contributed by atoms with E-state index in [2.05, 4.69) is 0 Å². The molecule has 1 saturated heterocycles. The Morgan fingerprint density at radius 2 is 2.00 bits per heavy atom. The molecule has 0 bridgehead atoms. The molecule has 1 atom stereocenters. The maximum atomic E-state index is 13.4. The third-order valence-corrected chi connectivity index (χ3v) is 6.06. The van der Waals surface area contributed by atoms with Crippen LogP contribution in [0.4, 0.5) is 4.39 Å². The fraction of sp³-hybridized carbons (Fsp3) is 0.429. The van der Waals surface area contributed by atoms with Gasteiger partial charge >= 0.3 is 5.97 Å². The minimum Gasteiger partial charge on any atom is -0.452 e. The van der Waals surface area contributed by atoms with Gasteiger partial charge in [-0.1, -0.05) is 23.2 Å². The Kier molecular flexibility index (Phi) is 5.72. The second-order valence-corrected chi connectivity index (χ2v) is 8.43. The molecule has 0 aliphatic carbocycles. The second-order valence-electron chi connectivity index (χ2n) is 5.38. The molecule has 1 amide bonds. The van der Waals surface area contributed by atoms with Gasteiger partial charge in [-0.05, 0) is 18.6 Å². The number of carbonyl (C=O) groups excluding carboxylic acids is 2. The van der Waals surface area contributed by atoms with Gasteiger partial charge in [-0.3, -0.25) is 4.79 Å². The lowest BCUT2D eigenvalue weighted by Crippen LogP contribution is -2.40. The average molecular weight is 398 g/mol. The number of esters is 1. The van der Waals surface area contributed by atoms with Crippen molar-refractivity contribution < 1.29 is 27.1 Å². The summed E-state index contributed by atoms with van der Waals surface area (Å²) in [4.78, 5) is 25.1. The van der Waals surface area contributed by atoms with Gasteiger partial charge in [0.05, 0.1) is 27.1 Å². The molecule has 0 unspecified atom stereocenters. The van der Waals surface area contributed by atoms with Crippen molar-refractivity contribution in [3.63, 3.8) is 0 Å². The van der Waals surface area contributed by atoms with Gasteiger partial charge in [0.25, 0.3) is 5.91 Å². The van der Waals surface area contributed by atoms with E-state index >= 15 is 0 Å². The topological polar surface area (TPSA) is 80.8 Å². The number of likely N-dealkylation sites (N-methyl/N-ethyl adjacent to an activating group) is 1. The first-order valence-electron chi connectivity index (χ1n) is 6.88. The molecule has 1 aromatic rings. The second kappa shape index (κ2) is 7.25. The summed E-state index contributed by atoms with van der Waals surface area (Å²) in [5, 5.41) is -0.344. The molecule has 24 heavy (non-hydrogen) atoms. The van der Waals surface area contributed by atoms with Crippen LogP contribution in [-0.2, 0) is 19.4 Å². The summed E-state index contributed by atoms with van der Waals surface area (Å²) < 4.78 is 41.1. The molecule has 10 heteroatoms. The Bertz CT molecular complexity index is 784. The van der Waals surface area contributed by atoms with Crippen LogP contribution >= 0.6 is 23.2 Å². The number of amides is 1. The van der Waals surface area contributed by atoms with E-state index in [9.17, 15) is 22.4 Å². The number of benzene rings is 1. The zero-order chi connectivity index (χ0) is 18.1. The maximum Gasteiger partial charge on any atom is 0.340 e. The van der Waals surface area contributed by atoms with E-state index in [4.69, 9.17) is 27.9 Å². The number of sulfone groups is 1. The van der Waals surface area contributed by atoms with Crippen LogP contribution in [0.5, 0.6) is 0 Å². The molecule has 1 fully saturated rings. The maximum absolute atomic E-state index is 13.4. The van der Waals surface area contributed by atoms with Crippen LogP contribution in [0, 0.1) is 5.82 Å². The predicted octanol–water partition coefficient (Wildman–Crippen LogP) is 1.93. The summed E-state index contributed by atoms with van der Waals surface area (Å²) in [6.45, 7) is -0.605. The smallest absolute Gasteiger partial charge is 0.340 e.